The third-order valence-corrected chi connectivity index (χ3v) is 3.41. The molecule has 0 unspecified atom stereocenters. The summed E-state index contributed by atoms with van der Waals surface area (Å²) in [5.74, 6) is -0.951. The molecule has 0 aliphatic carbocycles. The Kier molecular flexibility index (Phi) is 3.17. The SMILES string of the molecule is Cc1cc(C(=O)O)c2c(C)nn(Cc3ccccc3)c2n1. The van der Waals surface area contributed by atoms with Gasteiger partial charge in [-0.05, 0) is 25.5 Å². The van der Waals surface area contributed by atoms with Gasteiger partial charge in [0.15, 0.2) is 5.65 Å². The van der Waals surface area contributed by atoms with Gasteiger partial charge in [0.25, 0.3) is 0 Å². The fraction of sp³-hybridized carbons (Fsp3) is 0.188. The number of hydrogen-bond acceptors (Lipinski definition) is 3. The highest BCUT2D eigenvalue weighted by Crippen LogP contribution is 2.23. The van der Waals surface area contributed by atoms with E-state index in [0.29, 0.717) is 29.0 Å². The highest BCUT2D eigenvalue weighted by atomic mass is 16.4. The highest BCUT2D eigenvalue weighted by molar-refractivity contribution is 6.02. The minimum Gasteiger partial charge on any atom is -0.478 e. The van der Waals surface area contributed by atoms with Crippen LogP contribution in [0.4, 0.5) is 0 Å². The number of pyridine rings is 1. The zero-order valence-corrected chi connectivity index (χ0v) is 11.9. The molecule has 5 heteroatoms. The number of aromatic carboxylic acids is 1. The predicted octanol–water partition coefficient (Wildman–Crippen LogP) is 2.79. The van der Waals surface area contributed by atoms with Gasteiger partial charge in [-0.25, -0.2) is 14.5 Å². The highest BCUT2D eigenvalue weighted by Gasteiger charge is 2.18. The van der Waals surface area contributed by atoms with Crippen molar-refractivity contribution >= 4 is 17.0 Å². The Bertz CT molecular complexity index is 822. The fourth-order valence-corrected chi connectivity index (χ4v) is 2.51. The van der Waals surface area contributed by atoms with Crippen LogP contribution in [0.1, 0.15) is 27.3 Å². The Balaban J connectivity index is 2.19. The molecule has 0 fully saturated rings. The zero-order chi connectivity index (χ0) is 15.0. The summed E-state index contributed by atoms with van der Waals surface area (Å²) in [6, 6.07) is 11.5. The Morgan fingerprint density at radius 1 is 1.24 bits per heavy atom. The topological polar surface area (TPSA) is 68.0 Å². The lowest BCUT2D eigenvalue weighted by Crippen LogP contribution is -2.04. The van der Waals surface area contributed by atoms with Crippen LogP contribution in [0.3, 0.4) is 0 Å². The molecule has 3 rings (SSSR count). The first-order valence-electron chi connectivity index (χ1n) is 6.68. The lowest BCUT2D eigenvalue weighted by molar-refractivity contribution is 0.0699. The standard InChI is InChI=1S/C16H15N3O2/c1-10-8-13(16(20)21)14-11(2)18-19(15(14)17-10)9-12-6-4-3-5-7-12/h3-8H,9H2,1-2H3,(H,20,21). The summed E-state index contributed by atoms with van der Waals surface area (Å²) in [6.07, 6.45) is 0. The molecule has 3 aromatic rings. The van der Waals surface area contributed by atoms with Crippen molar-refractivity contribution in [1.29, 1.82) is 0 Å². The van der Waals surface area contributed by atoms with Crippen molar-refractivity contribution in [2.45, 2.75) is 20.4 Å². The van der Waals surface area contributed by atoms with Crippen molar-refractivity contribution in [2.24, 2.45) is 0 Å². The molecule has 1 N–H and O–H groups in total. The largest absolute Gasteiger partial charge is 0.478 e. The van der Waals surface area contributed by atoms with E-state index < -0.39 is 5.97 Å². The van der Waals surface area contributed by atoms with Crippen molar-refractivity contribution in [3.63, 3.8) is 0 Å². The Morgan fingerprint density at radius 3 is 2.62 bits per heavy atom. The molecule has 0 aliphatic heterocycles. The maximum Gasteiger partial charge on any atom is 0.336 e. The third kappa shape index (κ3) is 2.38. The summed E-state index contributed by atoms with van der Waals surface area (Å²) in [5, 5.41) is 14.4. The first-order valence-corrected chi connectivity index (χ1v) is 6.68. The molecule has 0 atom stereocenters. The van der Waals surface area contributed by atoms with E-state index in [9.17, 15) is 9.90 Å². The molecular formula is C16H15N3O2. The van der Waals surface area contributed by atoms with Gasteiger partial charge in [0.05, 0.1) is 23.2 Å². The van der Waals surface area contributed by atoms with Gasteiger partial charge in [-0.15, -0.1) is 0 Å². The van der Waals surface area contributed by atoms with Crippen molar-refractivity contribution in [1.82, 2.24) is 14.8 Å². The quantitative estimate of drug-likeness (QED) is 0.801. The lowest BCUT2D eigenvalue weighted by atomic mass is 10.1. The molecule has 2 heterocycles. The molecule has 0 spiro atoms. The zero-order valence-electron chi connectivity index (χ0n) is 11.9. The molecule has 0 bridgehead atoms. The Labute approximate surface area is 121 Å². The van der Waals surface area contributed by atoms with Gasteiger partial charge in [-0.3, -0.25) is 0 Å². The van der Waals surface area contributed by atoms with E-state index in [0.717, 1.165) is 5.56 Å². The van der Waals surface area contributed by atoms with E-state index in [-0.39, 0.29) is 5.56 Å². The van der Waals surface area contributed by atoms with Crippen molar-refractivity contribution in [2.75, 3.05) is 0 Å². The predicted molar refractivity (Wildman–Crippen MR) is 79.5 cm³/mol. The number of carbonyl (C=O) groups is 1. The molecule has 0 saturated heterocycles. The summed E-state index contributed by atoms with van der Waals surface area (Å²) in [5.41, 5.74) is 3.34. The summed E-state index contributed by atoms with van der Waals surface area (Å²) in [4.78, 5) is 15.9. The van der Waals surface area contributed by atoms with Crippen LogP contribution in [0.15, 0.2) is 36.4 Å². The van der Waals surface area contributed by atoms with Gasteiger partial charge < -0.3 is 5.11 Å². The van der Waals surface area contributed by atoms with Crippen LogP contribution in [0.2, 0.25) is 0 Å². The summed E-state index contributed by atoms with van der Waals surface area (Å²) < 4.78 is 1.76. The van der Waals surface area contributed by atoms with E-state index in [1.54, 1.807) is 17.7 Å². The molecule has 2 aromatic heterocycles. The maximum absolute atomic E-state index is 11.4. The number of carboxylic acid groups (broad SMARTS) is 1. The molecule has 0 saturated carbocycles. The van der Waals surface area contributed by atoms with Gasteiger partial charge in [0, 0.05) is 5.69 Å². The number of benzene rings is 1. The van der Waals surface area contributed by atoms with Gasteiger partial charge in [-0.2, -0.15) is 5.10 Å². The van der Waals surface area contributed by atoms with Crippen LogP contribution in [0, 0.1) is 13.8 Å². The minimum atomic E-state index is -0.951. The number of aromatic nitrogens is 3. The van der Waals surface area contributed by atoms with Crippen LogP contribution in [-0.4, -0.2) is 25.8 Å². The minimum absolute atomic E-state index is 0.259. The number of aryl methyl sites for hydroxylation is 2. The maximum atomic E-state index is 11.4. The lowest BCUT2D eigenvalue weighted by Gasteiger charge is -2.05. The van der Waals surface area contributed by atoms with Crippen molar-refractivity contribution < 1.29 is 9.90 Å². The van der Waals surface area contributed by atoms with Gasteiger partial charge in [0.1, 0.15) is 0 Å². The first-order chi connectivity index (χ1) is 10.1. The van der Waals surface area contributed by atoms with E-state index in [2.05, 4.69) is 10.1 Å². The molecule has 21 heavy (non-hydrogen) atoms. The second-order valence-corrected chi connectivity index (χ2v) is 5.04. The average molecular weight is 281 g/mol. The summed E-state index contributed by atoms with van der Waals surface area (Å²) >= 11 is 0. The summed E-state index contributed by atoms with van der Waals surface area (Å²) in [6.45, 7) is 4.18. The molecule has 0 aliphatic rings. The molecular weight excluding hydrogens is 266 g/mol. The average Bonchev–Trinajstić information content (AvgIpc) is 2.75. The monoisotopic (exact) mass is 281 g/mol. The molecule has 5 nitrogen and oxygen atoms in total. The van der Waals surface area contributed by atoms with E-state index in [4.69, 9.17) is 0 Å². The van der Waals surface area contributed by atoms with Crippen LogP contribution >= 0.6 is 0 Å². The molecule has 1 aromatic carbocycles. The van der Waals surface area contributed by atoms with Crippen LogP contribution < -0.4 is 0 Å². The van der Waals surface area contributed by atoms with Crippen LogP contribution in [0.25, 0.3) is 11.0 Å². The van der Waals surface area contributed by atoms with Gasteiger partial charge in [0.2, 0.25) is 0 Å². The Hall–Kier alpha value is -2.69. The molecule has 0 amide bonds. The third-order valence-electron chi connectivity index (χ3n) is 3.41. The number of rotatable bonds is 3. The Morgan fingerprint density at radius 2 is 1.95 bits per heavy atom. The second-order valence-electron chi connectivity index (χ2n) is 5.04. The van der Waals surface area contributed by atoms with E-state index >= 15 is 0 Å². The number of nitrogens with zero attached hydrogens (tertiary/aromatic N) is 3. The van der Waals surface area contributed by atoms with Gasteiger partial charge in [-0.1, -0.05) is 30.3 Å². The smallest absolute Gasteiger partial charge is 0.336 e. The van der Waals surface area contributed by atoms with E-state index in [1.807, 2.05) is 37.3 Å². The number of fused-ring (bicyclic) bond motifs is 1. The molecule has 106 valence electrons. The number of hydrogen-bond donors (Lipinski definition) is 1. The van der Waals surface area contributed by atoms with E-state index in [1.165, 1.54) is 0 Å². The number of carboxylic acids is 1. The normalized spacial score (nSPS) is 11.0. The van der Waals surface area contributed by atoms with Crippen molar-refractivity contribution in [3.8, 4) is 0 Å². The van der Waals surface area contributed by atoms with Gasteiger partial charge >= 0.3 is 5.97 Å². The fourth-order valence-electron chi connectivity index (χ4n) is 2.51. The first kappa shape index (κ1) is 13.3. The second kappa shape index (κ2) is 5.01. The molecule has 0 radical (unpaired) electrons. The summed E-state index contributed by atoms with van der Waals surface area (Å²) in [7, 11) is 0. The van der Waals surface area contributed by atoms with Crippen molar-refractivity contribution in [3.05, 3.63) is 58.9 Å². The van der Waals surface area contributed by atoms with Crippen LogP contribution in [0.5, 0.6) is 0 Å². The van der Waals surface area contributed by atoms with Crippen LogP contribution in [-0.2, 0) is 6.54 Å².